The van der Waals surface area contributed by atoms with E-state index < -0.39 is 0 Å². The van der Waals surface area contributed by atoms with Crippen LogP contribution >= 0.6 is 0 Å². The molecule has 0 saturated carbocycles. The molecule has 30 heavy (non-hydrogen) atoms. The lowest BCUT2D eigenvalue weighted by atomic mass is 9.86. The topological polar surface area (TPSA) is 48.7 Å². The average molecular weight is 409 g/mol. The van der Waals surface area contributed by atoms with Crippen LogP contribution in [0.25, 0.3) is 6.08 Å². The predicted molar refractivity (Wildman–Crippen MR) is 121 cm³/mol. The number of hydrogen-bond donors (Lipinski definition) is 0. The van der Waals surface area contributed by atoms with Crippen molar-refractivity contribution in [3.63, 3.8) is 0 Å². The van der Waals surface area contributed by atoms with Gasteiger partial charge < -0.3 is 13.9 Å². The summed E-state index contributed by atoms with van der Waals surface area (Å²) in [6.45, 7) is 12.8. The van der Waals surface area contributed by atoms with Gasteiger partial charge in [0.2, 0.25) is 0 Å². The van der Waals surface area contributed by atoms with Gasteiger partial charge in [0.05, 0.1) is 19.3 Å². The highest BCUT2D eigenvalue weighted by Gasteiger charge is 2.28. The fourth-order valence-corrected chi connectivity index (χ4v) is 3.78. The molecule has 0 spiro atoms. The van der Waals surface area contributed by atoms with Crippen LogP contribution in [0.1, 0.15) is 68.2 Å². The van der Waals surface area contributed by atoms with Crippen LogP contribution in [0.4, 0.5) is 0 Å². The molecule has 2 aromatic rings. The zero-order valence-electron chi connectivity index (χ0n) is 19.1. The quantitative estimate of drug-likeness (QED) is 0.617. The van der Waals surface area contributed by atoms with E-state index in [9.17, 15) is 4.79 Å². The minimum absolute atomic E-state index is 0.0519. The Hall–Kier alpha value is -2.59. The molecule has 0 unspecified atom stereocenters. The van der Waals surface area contributed by atoms with Gasteiger partial charge in [-0.1, -0.05) is 62.8 Å². The Morgan fingerprint density at radius 1 is 1.13 bits per heavy atom. The van der Waals surface area contributed by atoms with E-state index in [0.717, 1.165) is 5.57 Å². The van der Waals surface area contributed by atoms with Crippen LogP contribution in [0.3, 0.4) is 0 Å². The fourth-order valence-electron chi connectivity index (χ4n) is 3.78. The first-order valence-electron chi connectivity index (χ1n) is 10.4. The van der Waals surface area contributed by atoms with E-state index in [1.165, 1.54) is 23.8 Å². The van der Waals surface area contributed by atoms with Gasteiger partial charge in [0.15, 0.2) is 5.43 Å². The average Bonchev–Trinajstić information content (AvgIpc) is 3.14. The van der Waals surface area contributed by atoms with E-state index in [1.807, 2.05) is 0 Å². The summed E-state index contributed by atoms with van der Waals surface area (Å²) in [5.41, 5.74) is 6.03. The van der Waals surface area contributed by atoms with Gasteiger partial charge >= 0.3 is 0 Å². The molecule has 4 heteroatoms. The molecule has 3 rings (SSSR count). The second-order valence-electron chi connectivity index (χ2n) is 9.10. The van der Waals surface area contributed by atoms with Crippen molar-refractivity contribution in [1.29, 1.82) is 0 Å². The Kier molecular flexibility index (Phi) is 6.37. The minimum Gasteiger partial charge on any atom is -0.468 e. The first-order valence-corrected chi connectivity index (χ1v) is 10.4. The lowest BCUT2D eigenvalue weighted by molar-refractivity contribution is 0.0880. The highest BCUT2D eigenvalue weighted by molar-refractivity contribution is 5.56. The monoisotopic (exact) mass is 408 g/mol. The van der Waals surface area contributed by atoms with Crippen LogP contribution in [-0.2, 0) is 10.2 Å². The van der Waals surface area contributed by atoms with Crippen molar-refractivity contribution in [2.75, 3.05) is 13.7 Å². The molecule has 4 nitrogen and oxygen atoms in total. The van der Waals surface area contributed by atoms with E-state index in [2.05, 4.69) is 64.1 Å². The van der Waals surface area contributed by atoms with E-state index in [4.69, 9.17) is 13.9 Å². The molecule has 1 aliphatic rings. The van der Waals surface area contributed by atoms with E-state index in [-0.39, 0.29) is 22.9 Å². The number of benzene rings is 1. The molecule has 0 bridgehead atoms. The third-order valence-corrected chi connectivity index (χ3v) is 5.56. The van der Waals surface area contributed by atoms with E-state index in [0.29, 0.717) is 29.9 Å². The smallest absolute Gasteiger partial charge is 0.291 e. The molecular formula is C26H32O4. The summed E-state index contributed by atoms with van der Waals surface area (Å²) >= 11 is 0. The summed E-state index contributed by atoms with van der Waals surface area (Å²) in [6.07, 6.45) is 4.77. The zero-order valence-corrected chi connectivity index (χ0v) is 19.1. The molecule has 1 atom stereocenters. The second-order valence-corrected chi connectivity index (χ2v) is 9.10. The predicted octanol–water partition coefficient (Wildman–Crippen LogP) is 6.05. The summed E-state index contributed by atoms with van der Waals surface area (Å²) in [5, 5.41) is 0. The maximum Gasteiger partial charge on any atom is 0.291 e. The van der Waals surface area contributed by atoms with Crippen LogP contribution in [0.15, 0.2) is 50.7 Å². The van der Waals surface area contributed by atoms with Crippen LogP contribution in [0.2, 0.25) is 0 Å². The van der Waals surface area contributed by atoms with Crippen LogP contribution < -0.4 is 10.2 Å². The van der Waals surface area contributed by atoms with E-state index in [1.54, 1.807) is 13.8 Å². The zero-order chi connectivity index (χ0) is 22.1. The van der Waals surface area contributed by atoms with Crippen LogP contribution in [-0.4, -0.2) is 13.7 Å². The molecule has 1 aromatic carbocycles. The van der Waals surface area contributed by atoms with Gasteiger partial charge in [0.1, 0.15) is 11.9 Å². The van der Waals surface area contributed by atoms with Crippen LogP contribution in [0.5, 0.6) is 5.95 Å². The van der Waals surface area contributed by atoms with E-state index >= 15 is 0 Å². The van der Waals surface area contributed by atoms with Crippen molar-refractivity contribution >= 4 is 6.08 Å². The number of allylic oxidation sites excluding steroid dienone is 2. The Labute approximate surface area is 179 Å². The molecule has 0 aliphatic carbocycles. The molecule has 2 heterocycles. The molecular weight excluding hydrogens is 376 g/mol. The summed E-state index contributed by atoms with van der Waals surface area (Å²) in [5.74, 6) is 0.821. The van der Waals surface area contributed by atoms with Crippen molar-refractivity contribution in [1.82, 2.24) is 0 Å². The maximum absolute atomic E-state index is 12.5. The largest absolute Gasteiger partial charge is 0.468 e. The molecule has 0 N–H and O–H groups in total. The lowest BCUT2D eigenvalue weighted by Gasteiger charge is -2.18. The van der Waals surface area contributed by atoms with Crippen molar-refractivity contribution in [2.24, 2.45) is 0 Å². The third-order valence-electron chi connectivity index (χ3n) is 5.56. The van der Waals surface area contributed by atoms with Gasteiger partial charge in [-0.05, 0) is 42.9 Å². The first-order chi connectivity index (χ1) is 14.1. The van der Waals surface area contributed by atoms with Crippen molar-refractivity contribution in [3.05, 3.63) is 79.7 Å². The van der Waals surface area contributed by atoms with Gasteiger partial charge in [-0.15, -0.1) is 0 Å². The van der Waals surface area contributed by atoms with Gasteiger partial charge in [-0.2, -0.15) is 0 Å². The number of hydrogen-bond acceptors (Lipinski definition) is 4. The van der Waals surface area contributed by atoms with Crippen molar-refractivity contribution in [2.45, 2.75) is 59.5 Å². The Balaban J connectivity index is 1.77. The highest BCUT2D eigenvalue weighted by atomic mass is 16.6. The standard InChI is InChI=1S/C26H32O4/c1-16(12-19-8-10-21(11-9-19)26(4,5)6)13-20-14-22(29-15-20)24-17(2)23(27)18(3)25(28-7)30-24/h8-13,22H,14-15H2,1-7H3/b16-12+,20-13-/t22-/m1/s1. The van der Waals surface area contributed by atoms with Crippen molar-refractivity contribution < 1.29 is 13.9 Å². The third kappa shape index (κ3) is 4.76. The van der Waals surface area contributed by atoms with Gasteiger partial charge in [0, 0.05) is 12.0 Å². The Morgan fingerprint density at radius 3 is 2.40 bits per heavy atom. The normalized spacial score (nSPS) is 18.8. The number of ether oxygens (including phenoxy) is 2. The summed E-state index contributed by atoms with van der Waals surface area (Å²) in [6, 6.07) is 8.70. The molecule has 1 aromatic heterocycles. The Bertz CT molecular complexity index is 1030. The van der Waals surface area contributed by atoms with Gasteiger partial charge in [0.25, 0.3) is 5.95 Å². The fraction of sp³-hybridized carbons (Fsp3) is 0.423. The molecule has 0 amide bonds. The number of methoxy groups -OCH3 is 1. The highest BCUT2D eigenvalue weighted by Crippen LogP contribution is 2.35. The summed E-state index contributed by atoms with van der Waals surface area (Å²) in [7, 11) is 1.51. The molecule has 1 saturated heterocycles. The summed E-state index contributed by atoms with van der Waals surface area (Å²) in [4.78, 5) is 12.5. The molecule has 0 radical (unpaired) electrons. The lowest BCUT2D eigenvalue weighted by Crippen LogP contribution is -2.15. The Morgan fingerprint density at radius 2 is 1.80 bits per heavy atom. The van der Waals surface area contributed by atoms with Gasteiger partial charge in [-0.25, -0.2) is 0 Å². The SMILES string of the molecule is COc1oc([C@H]2C/C(=C/C(C)=C/c3ccc(C(C)(C)C)cc3)CO2)c(C)c(=O)c1C. The first kappa shape index (κ1) is 22.1. The van der Waals surface area contributed by atoms with Crippen molar-refractivity contribution in [3.8, 4) is 5.95 Å². The molecule has 1 aliphatic heterocycles. The van der Waals surface area contributed by atoms with Gasteiger partial charge in [-0.3, -0.25) is 4.79 Å². The molecule has 1 fully saturated rings. The maximum atomic E-state index is 12.5. The molecule has 160 valence electrons. The number of rotatable bonds is 4. The summed E-state index contributed by atoms with van der Waals surface area (Å²) < 4.78 is 17.0. The van der Waals surface area contributed by atoms with Crippen LogP contribution in [0, 0.1) is 13.8 Å². The second kappa shape index (κ2) is 8.65. The minimum atomic E-state index is -0.266.